The van der Waals surface area contributed by atoms with E-state index in [1.807, 2.05) is 12.1 Å². The monoisotopic (exact) mass is 191 g/mol. The Morgan fingerprint density at radius 2 is 1.79 bits per heavy atom. The van der Waals surface area contributed by atoms with Crippen LogP contribution in [-0.2, 0) is 0 Å². The Labute approximate surface area is 83.9 Å². The molecule has 0 heterocycles. The Morgan fingerprint density at radius 1 is 1.14 bits per heavy atom. The molecule has 0 aromatic heterocycles. The molecule has 0 radical (unpaired) electrons. The normalized spacial score (nSPS) is 16.1. The van der Waals surface area contributed by atoms with Crippen molar-refractivity contribution in [1.82, 2.24) is 0 Å². The van der Waals surface area contributed by atoms with E-state index in [4.69, 9.17) is 10.0 Å². The molecular weight excluding hydrogens is 177 g/mol. The summed E-state index contributed by atoms with van der Waals surface area (Å²) >= 11 is 0. The molecule has 1 aromatic rings. The molecule has 4 heteroatoms. The predicted octanol–water partition coefficient (Wildman–Crippen LogP) is 0.331. The predicted molar refractivity (Wildman–Crippen MR) is 57.5 cm³/mol. The Kier molecular flexibility index (Phi) is 2.75. The minimum absolute atomic E-state index is 0.532. The molecule has 0 saturated heterocycles. The number of hydrogen-bond donors (Lipinski definition) is 3. The van der Waals surface area contributed by atoms with Crippen LogP contribution in [0.1, 0.15) is 19.3 Å². The SMILES string of the molecule is OB(O)c1ccc(NC2CCC2)cc1. The molecule has 3 nitrogen and oxygen atoms in total. The molecule has 0 unspecified atom stereocenters. The zero-order valence-corrected chi connectivity index (χ0v) is 7.98. The van der Waals surface area contributed by atoms with Gasteiger partial charge in [-0.1, -0.05) is 12.1 Å². The number of hydrogen-bond acceptors (Lipinski definition) is 3. The average molecular weight is 191 g/mol. The van der Waals surface area contributed by atoms with Gasteiger partial charge in [0.05, 0.1) is 0 Å². The molecule has 1 aliphatic carbocycles. The summed E-state index contributed by atoms with van der Waals surface area (Å²) in [5.74, 6) is 0. The van der Waals surface area contributed by atoms with Crippen molar-refractivity contribution in [2.24, 2.45) is 0 Å². The molecule has 1 aromatic carbocycles. The van der Waals surface area contributed by atoms with Crippen LogP contribution in [0, 0.1) is 0 Å². The van der Waals surface area contributed by atoms with Crippen LogP contribution in [-0.4, -0.2) is 23.2 Å². The highest BCUT2D eigenvalue weighted by molar-refractivity contribution is 6.58. The molecular formula is C10H14BNO2. The van der Waals surface area contributed by atoms with Gasteiger partial charge >= 0.3 is 7.12 Å². The largest absolute Gasteiger partial charge is 0.488 e. The first-order valence-corrected chi connectivity index (χ1v) is 4.98. The molecule has 0 atom stereocenters. The topological polar surface area (TPSA) is 52.5 Å². The van der Waals surface area contributed by atoms with E-state index in [0.717, 1.165) is 5.69 Å². The van der Waals surface area contributed by atoms with Crippen molar-refractivity contribution < 1.29 is 10.0 Å². The van der Waals surface area contributed by atoms with Gasteiger partial charge in [0.1, 0.15) is 0 Å². The molecule has 1 fully saturated rings. The van der Waals surface area contributed by atoms with Crippen LogP contribution in [0.2, 0.25) is 0 Å². The maximum absolute atomic E-state index is 8.89. The number of rotatable bonds is 3. The standard InChI is InChI=1S/C10H14BNO2/c13-11(14)8-4-6-10(7-5-8)12-9-2-1-3-9/h4-7,9,12-14H,1-3H2. The number of nitrogens with one attached hydrogen (secondary N) is 1. The highest BCUT2D eigenvalue weighted by Gasteiger charge is 2.17. The molecule has 0 aliphatic heterocycles. The fraction of sp³-hybridized carbons (Fsp3) is 0.400. The average Bonchev–Trinajstić information content (AvgIpc) is 2.12. The fourth-order valence-electron chi connectivity index (χ4n) is 1.54. The molecule has 2 rings (SSSR count). The first-order valence-electron chi connectivity index (χ1n) is 4.98. The Morgan fingerprint density at radius 3 is 2.21 bits per heavy atom. The lowest BCUT2D eigenvalue weighted by molar-refractivity contribution is 0.426. The van der Waals surface area contributed by atoms with Crippen LogP contribution in [0.4, 0.5) is 5.69 Å². The zero-order chi connectivity index (χ0) is 9.97. The second-order valence-corrected chi connectivity index (χ2v) is 3.77. The first kappa shape index (κ1) is 9.56. The lowest BCUT2D eigenvalue weighted by Gasteiger charge is -2.27. The van der Waals surface area contributed by atoms with E-state index in [2.05, 4.69) is 5.32 Å². The summed E-state index contributed by atoms with van der Waals surface area (Å²) < 4.78 is 0. The van der Waals surface area contributed by atoms with Gasteiger partial charge in [0.15, 0.2) is 0 Å². The van der Waals surface area contributed by atoms with Gasteiger partial charge in [-0.2, -0.15) is 0 Å². The summed E-state index contributed by atoms with van der Waals surface area (Å²) in [5.41, 5.74) is 1.59. The van der Waals surface area contributed by atoms with E-state index >= 15 is 0 Å². The quantitative estimate of drug-likeness (QED) is 0.603. The van der Waals surface area contributed by atoms with Crippen molar-refractivity contribution in [2.45, 2.75) is 25.3 Å². The molecule has 0 spiro atoms. The summed E-state index contributed by atoms with van der Waals surface area (Å²) in [6.07, 6.45) is 3.79. The van der Waals surface area contributed by atoms with Gasteiger partial charge in [-0.05, 0) is 36.9 Å². The van der Waals surface area contributed by atoms with E-state index in [-0.39, 0.29) is 0 Å². The van der Waals surface area contributed by atoms with Crippen molar-refractivity contribution in [3.63, 3.8) is 0 Å². The summed E-state index contributed by atoms with van der Waals surface area (Å²) in [6, 6.07) is 7.83. The molecule has 1 saturated carbocycles. The smallest absolute Gasteiger partial charge is 0.423 e. The van der Waals surface area contributed by atoms with E-state index < -0.39 is 7.12 Å². The Bertz CT molecular complexity index is 295. The summed E-state index contributed by atoms with van der Waals surface area (Å²) in [4.78, 5) is 0. The third kappa shape index (κ3) is 2.08. The maximum atomic E-state index is 8.89. The maximum Gasteiger partial charge on any atom is 0.488 e. The third-order valence-corrected chi connectivity index (χ3v) is 2.68. The second kappa shape index (κ2) is 4.03. The van der Waals surface area contributed by atoms with E-state index in [1.165, 1.54) is 19.3 Å². The lowest BCUT2D eigenvalue weighted by atomic mass is 9.80. The van der Waals surface area contributed by atoms with Crippen LogP contribution in [0.5, 0.6) is 0 Å². The van der Waals surface area contributed by atoms with E-state index in [9.17, 15) is 0 Å². The highest BCUT2D eigenvalue weighted by atomic mass is 16.4. The molecule has 74 valence electrons. The summed E-state index contributed by atoms with van der Waals surface area (Å²) in [5, 5.41) is 21.2. The van der Waals surface area contributed by atoms with Crippen LogP contribution in [0.25, 0.3) is 0 Å². The number of anilines is 1. The van der Waals surface area contributed by atoms with Gasteiger partial charge in [0.2, 0.25) is 0 Å². The number of benzene rings is 1. The first-order chi connectivity index (χ1) is 6.75. The van der Waals surface area contributed by atoms with E-state index in [1.54, 1.807) is 12.1 Å². The molecule has 3 N–H and O–H groups in total. The molecule has 0 bridgehead atoms. The Balaban J connectivity index is 1.98. The van der Waals surface area contributed by atoms with Crippen molar-refractivity contribution in [1.29, 1.82) is 0 Å². The van der Waals surface area contributed by atoms with Gasteiger partial charge in [0.25, 0.3) is 0 Å². The summed E-state index contributed by atoms with van der Waals surface area (Å²) in [6.45, 7) is 0. The van der Waals surface area contributed by atoms with Crippen molar-refractivity contribution >= 4 is 18.3 Å². The lowest BCUT2D eigenvalue weighted by Crippen LogP contribution is -2.30. The minimum Gasteiger partial charge on any atom is -0.423 e. The molecule has 14 heavy (non-hydrogen) atoms. The molecule has 0 amide bonds. The van der Waals surface area contributed by atoms with E-state index in [0.29, 0.717) is 11.5 Å². The van der Waals surface area contributed by atoms with Crippen LogP contribution >= 0.6 is 0 Å². The van der Waals surface area contributed by atoms with Crippen molar-refractivity contribution in [2.75, 3.05) is 5.32 Å². The van der Waals surface area contributed by atoms with Gasteiger partial charge < -0.3 is 15.4 Å². The van der Waals surface area contributed by atoms with Crippen LogP contribution in [0.15, 0.2) is 24.3 Å². The highest BCUT2D eigenvalue weighted by Crippen LogP contribution is 2.22. The van der Waals surface area contributed by atoms with Crippen molar-refractivity contribution in [3.05, 3.63) is 24.3 Å². The fourth-order valence-corrected chi connectivity index (χ4v) is 1.54. The zero-order valence-electron chi connectivity index (χ0n) is 7.98. The minimum atomic E-state index is -1.37. The third-order valence-electron chi connectivity index (χ3n) is 2.68. The van der Waals surface area contributed by atoms with Crippen molar-refractivity contribution in [3.8, 4) is 0 Å². The summed E-state index contributed by atoms with van der Waals surface area (Å²) in [7, 11) is -1.37. The van der Waals surface area contributed by atoms with Crippen LogP contribution in [0.3, 0.4) is 0 Å². The van der Waals surface area contributed by atoms with Gasteiger partial charge in [-0.15, -0.1) is 0 Å². The second-order valence-electron chi connectivity index (χ2n) is 3.77. The Hall–Kier alpha value is -0.995. The van der Waals surface area contributed by atoms with Crippen LogP contribution < -0.4 is 10.8 Å². The van der Waals surface area contributed by atoms with Gasteiger partial charge in [-0.25, -0.2) is 0 Å². The van der Waals surface area contributed by atoms with Gasteiger partial charge in [0, 0.05) is 11.7 Å². The van der Waals surface area contributed by atoms with Gasteiger partial charge in [-0.3, -0.25) is 0 Å². The molecule has 1 aliphatic rings.